The second-order valence-electron chi connectivity index (χ2n) is 4.33. The Labute approximate surface area is 122 Å². The summed E-state index contributed by atoms with van der Waals surface area (Å²) in [5, 5.41) is 13.0. The van der Waals surface area contributed by atoms with Gasteiger partial charge in [-0.15, -0.1) is 10.2 Å². The molecule has 0 atom stereocenters. The third kappa shape index (κ3) is 2.99. The molecule has 0 bridgehead atoms. The average molecular weight is 293 g/mol. The standard InChI is InChI=1S/C14H17ClN4O/c1-3-16-12(20)9-19(4-2)14-11-8-6-5-7-10(11)13(15)17-18-14/h5-8H,3-4,9H2,1-2H3,(H,16,20). The third-order valence-electron chi connectivity index (χ3n) is 3.01. The first-order chi connectivity index (χ1) is 9.67. The van der Waals surface area contributed by atoms with Gasteiger partial charge in [0.2, 0.25) is 5.91 Å². The predicted octanol–water partition coefficient (Wildman–Crippen LogP) is 2.25. The maximum Gasteiger partial charge on any atom is 0.239 e. The Morgan fingerprint density at radius 2 is 1.95 bits per heavy atom. The molecule has 0 aliphatic carbocycles. The highest BCUT2D eigenvalue weighted by atomic mass is 35.5. The molecule has 5 nitrogen and oxygen atoms in total. The number of carbonyl (C=O) groups excluding carboxylic acids is 1. The lowest BCUT2D eigenvalue weighted by Crippen LogP contribution is -2.37. The van der Waals surface area contributed by atoms with Crippen molar-refractivity contribution >= 4 is 34.1 Å². The number of benzene rings is 1. The van der Waals surface area contributed by atoms with Gasteiger partial charge in [-0.25, -0.2) is 0 Å². The summed E-state index contributed by atoms with van der Waals surface area (Å²) in [6.07, 6.45) is 0. The number of likely N-dealkylation sites (N-methyl/N-ethyl adjacent to an activating group) is 2. The zero-order valence-corrected chi connectivity index (χ0v) is 12.3. The first-order valence-corrected chi connectivity index (χ1v) is 6.97. The van der Waals surface area contributed by atoms with Crippen LogP contribution < -0.4 is 10.2 Å². The van der Waals surface area contributed by atoms with Crippen molar-refractivity contribution < 1.29 is 4.79 Å². The Kier molecular flexibility index (Phi) is 4.74. The molecule has 0 saturated heterocycles. The number of carbonyl (C=O) groups is 1. The van der Waals surface area contributed by atoms with Gasteiger partial charge in [0.05, 0.1) is 6.54 Å². The Bertz CT molecular complexity index is 617. The van der Waals surface area contributed by atoms with E-state index in [0.717, 1.165) is 10.8 Å². The molecule has 1 aromatic carbocycles. The van der Waals surface area contributed by atoms with E-state index in [1.165, 1.54) is 0 Å². The summed E-state index contributed by atoms with van der Waals surface area (Å²) in [5.41, 5.74) is 0. The number of hydrogen-bond acceptors (Lipinski definition) is 4. The van der Waals surface area contributed by atoms with Crippen molar-refractivity contribution in [3.8, 4) is 0 Å². The van der Waals surface area contributed by atoms with Crippen molar-refractivity contribution in [2.24, 2.45) is 0 Å². The van der Waals surface area contributed by atoms with Gasteiger partial charge in [0, 0.05) is 23.9 Å². The van der Waals surface area contributed by atoms with Crippen molar-refractivity contribution in [2.75, 3.05) is 24.5 Å². The second kappa shape index (κ2) is 6.52. The van der Waals surface area contributed by atoms with E-state index in [-0.39, 0.29) is 12.5 Å². The van der Waals surface area contributed by atoms with Crippen LogP contribution in [0.5, 0.6) is 0 Å². The van der Waals surface area contributed by atoms with E-state index < -0.39 is 0 Å². The molecule has 1 heterocycles. The summed E-state index contributed by atoms with van der Waals surface area (Å²) in [6.45, 7) is 5.40. The van der Waals surface area contributed by atoms with Crippen LogP contribution in [0, 0.1) is 0 Å². The lowest BCUT2D eigenvalue weighted by atomic mass is 10.2. The zero-order valence-electron chi connectivity index (χ0n) is 11.6. The summed E-state index contributed by atoms with van der Waals surface area (Å²) in [7, 11) is 0. The Morgan fingerprint density at radius 3 is 2.60 bits per heavy atom. The Hall–Kier alpha value is -1.88. The van der Waals surface area contributed by atoms with Crippen LogP contribution in [0.4, 0.5) is 5.82 Å². The molecule has 0 saturated carbocycles. The third-order valence-corrected chi connectivity index (χ3v) is 3.29. The quantitative estimate of drug-likeness (QED) is 0.918. The fraction of sp³-hybridized carbons (Fsp3) is 0.357. The Balaban J connectivity index is 2.40. The number of aromatic nitrogens is 2. The molecule has 2 rings (SSSR count). The first-order valence-electron chi connectivity index (χ1n) is 6.60. The summed E-state index contributed by atoms with van der Waals surface area (Å²) in [4.78, 5) is 13.6. The van der Waals surface area contributed by atoms with E-state index in [4.69, 9.17) is 11.6 Å². The van der Waals surface area contributed by atoms with Crippen molar-refractivity contribution in [1.29, 1.82) is 0 Å². The van der Waals surface area contributed by atoms with E-state index in [9.17, 15) is 4.79 Å². The van der Waals surface area contributed by atoms with Gasteiger partial charge in [0.25, 0.3) is 0 Å². The van der Waals surface area contributed by atoms with E-state index in [1.54, 1.807) is 0 Å². The molecule has 1 N–H and O–H groups in total. The minimum absolute atomic E-state index is 0.0322. The molecule has 0 aliphatic heterocycles. The highest BCUT2D eigenvalue weighted by molar-refractivity contribution is 6.34. The van der Waals surface area contributed by atoms with Crippen LogP contribution in [-0.4, -0.2) is 35.7 Å². The molecule has 106 valence electrons. The Morgan fingerprint density at radius 1 is 1.25 bits per heavy atom. The molecular formula is C14H17ClN4O. The van der Waals surface area contributed by atoms with Gasteiger partial charge >= 0.3 is 0 Å². The van der Waals surface area contributed by atoms with Crippen LogP contribution in [0.3, 0.4) is 0 Å². The largest absolute Gasteiger partial charge is 0.355 e. The molecular weight excluding hydrogens is 276 g/mol. The van der Waals surface area contributed by atoms with Crippen LogP contribution in [-0.2, 0) is 4.79 Å². The number of amides is 1. The number of nitrogens with zero attached hydrogens (tertiary/aromatic N) is 3. The van der Waals surface area contributed by atoms with Crippen LogP contribution >= 0.6 is 11.6 Å². The van der Waals surface area contributed by atoms with E-state index in [0.29, 0.717) is 24.1 Å². The molecule has 0 radical (unpaired) electrons. The van der Waals surface area contributed by atoms with Crippen LogP contribution in [0.1, 0.15) is 13.8 Å². The lowest BCUT2D eigenvalue weighted by molar-refractivity contribution is -0.119. The highest BCUT2D eigenvalue weighted by Gasteiger charge is 2.15. The van der Waals surface area contributed by atoms with Gasteiger partial charge in [-0.2, -0.15) is 0 Å². The van der Waals surface area contributed by atoms with Gasteiger partial charge < -0.3 is 10.2 Å². The molecule has 0 spiro atoms. The normalized spacial score (nSPS) is 10.6. The van der Waals surface area contributed by atoms with E-state index in [1.807, 2.05) is 43.0 Å². The molecule has 6 heteroatoms. The monoisotopic (exact) mass is 292 g/mol. The highest BCUT2D eigenvalue weighted by Crippen LogP contribution is 2.27. The van der Waals surface area contributed by atoms with E-state index >= 15 is 0 Å². The van der Waals surface area contributed by atoms with Crippen LogP contribution in [0.25, 0.3) is 10.8 Å². The number of nitrogens with one attached hydrogen (secondary N) is 1. The van der Waals surface area contributed by atoms with Gasteiger partial charge in [-0.3, -0.25) is 4.79 Å². The molecule has 2 aromatic rings. The van der Waals surface area contributed by atoms with Crippen molar-refractivity contribution in [3.05, 3.63) is 29.4 Å². The van der Waals surface area contributed by atoms with Gasteiger partial charge in [-0.05, 0) is 13.8 Å². The molecule has 20 heavy (non-hydrogen) atoms. The number of anilines is 1. The second-order valence-corrected chi connectivity index (χ2v) is 4.69. The molecule has 0 fully saturated rings. The number of fused-ring (bicyclic) bond motifs is 1. The molecule has 0 aliphatic rings. The lowest BCUT2D eigenvalue weighted by Gasteiger charge is -2.22. The van der Waals surface area contributed by atoms with Gasteiger partial charge in [0.1, 0.15) is 0 Å². The summed E-state index contributed by atoms with van der Waals surface area (Å²) in [6, 6.07) is 7.66. The fourth-order valence-corrected chi connectivity index (χ4v) is 2.26. The van der Waals surface area contributed by atoms with Crippen LogP contribution in [0.15, 0.2) is 24.3 Å². The average Bonchev–Trinajstić information content (AvgIpc) is 2.46. The van der Waals surface area contributed by atoms with E-state index in [2.05, 4.69) is 15.5 Å². The minimum atomic E-state index is -0.0322. The summed E-state index contributed by atoms with van der Waals surface area (Å²) < 4.78 is 0. The molecule has 1 aromatic heterocycles. The fourth-order valence-electron chi connectivity index (χ4n) is 2.05. The maximum atomic E-state index is 11.8. The number of hydrogen-bond donors (Lipinski definition) is 1. The summed E-state index contributed by atoms with van der Waals surface area (Å²) in [5.74, 6) is 0.647. The van der Waals surface area contributed by atoms with Crippen molar-refractivity contribution in [3.63, 3.8) is 0 Å². The van der Waals surface area contributed by atoms with Crippen LogP contribution in [0.2, 0.25) is 5.15 Å². The number of rotatable bonds is 5. The minimum Gasteiger partial charge on any atom is -0.355 e. The topological polar surface area (TPSA) is 58.1 Å². The van der Waals surface area contributed by atoms with Crippen molar-refractivity contribution in [2.45, 2.75) is 13.8 Å². The smallest absolute Gasteiger partial charge is 0.239 e. The maximum absolute atomic E-state index is 11.8. The molecule has 0 unspecified atom stereocenters. The number of halogens is 1. The van der Waals surface area contributed by atoms with Crippen molar-refractivity contribution in [1.82, 2.24) is 15.5 Å². The molecule has 1 amide bonds. The first kappa shape index (κ1) is 14.5. The SMILES string of the molecule is CCNC(=O)CN(CC)c1nnc(Cl)c2ccccc12. The van der Waals surface area contributed by atoms with Gasteiger partial charge in [-0.1, -0.05) is 35.9 Å². The van der Waals surface area contributed by atoms with Gasteiger partial charge in [0.15, 0.2) is 11.0 Å². The summed E-state index contributed by atoms with van der Waals surface area (Å²) >= 11 is 6.06. The zero-order chi connectivity index (χ0) is 14.5. The predicted molar refractivity (Wildman–Crippen MR) is 81.1 cm³/mol.